The van der Waals surface area contributed by atoms with E-state index >= 15 is 4.79 Å². The molecule has 27 heteroatoms. The maximum atomic E-state index is 15.6. The van der Waals surface area contributed by atoms with Crippen LogP contribution in [0.15, 0.2) is 54.6 Å². The number of carbonyl (C=O) groups is 10. The van der Waals surface area contributed by atoms with Crippen LogP contribution in [0, 0.1) is 29.6 Å². The summed E-state index contributed by atoms with van der Waals surface area (Å²) >= 11 is 17.5. The Bertz CT molecular complexity index is 2960. The molecule has 1 saturated heterocycles. The Balaban J connectivity index is 2.15. The van der Waals surface area contributed by atoms with Gasteiger partial charge in [-0.25, -0.2) is 19.2 Å². The number of hydrogen-bond donors (Lipinski definition) is 3. The summed E-state index contributed by atoms with van der Waals surface area (Å²) in [6.07, 6.45) is -5.14. The molecule has 1 fully saturated rings. The first-order valence-corrected chi connectivity index (χ1v) is 37.5. The third kappa shape index (κ3) is 27.1. The number of ether oxygens (including phenoxy) is 6. The highest BCUT2D eigenvalue weighted by Crippen LogP contribution is 2.39. The summed E-state index contributed by atoms with van der Waals surface area (Å²) in [7, 11) is 1.34. The Kier molecular flexibility index (Phi) is 33.2. The molecule has 0 spiro atoms. The summed E-state index contributed by atoms with van der Waals surface area (Å²) in [5, 5.41) is 8.16. The van der Waals surface area contributed by atoms with Gasteiger partial charge in [0.1, 0.15) is 60.9 Å². The normalized spacial score (nSPS) is 16.8. The molecule has 0 aliphatic carbocycles. The number of rotatable bonds is 34. The van der Waals surface area contributed by atoms with Gasteiger partial charge in [-0.3, -0.25) is 38.6 Å². The van der Waals surface area contributed by atoms with Crippen LogP contribution in [0.5, 0.6) is 5.75 Å². The summed E-state index contributed by atoms with van der Waals surface area (Å²) < 4.78 is 39.5. The SMILES string of the molecule is CC[C@H](C)[C@@H](NC(=O)[C@@H](NC(=O)[C@@H](CC(C)C)N(C)C(=O)OC(C)(C)C)[C@@H](C)OC(=O)[C@H](Cc1ccc(OC)cc1)N(C)C(=O)OCc1ccccc1)[C@H](CC(=O)O[C@H](C(=O)C(C)C(=O)N[C@@H](CC(C)C)C(=O)N1CCC[C@H]1C(=O)OCC(Cl)(Cl)Cl)C(C)C)O[Si](C)(C)C(C)(C)C. The maximum absolute atomic E-state index is 15.6. The van der Waals surface area contributed by atoms with Gasteiger partial charge in [-0.05, 0) is 125 Å². The smallest absolute Gasteiger partial charge is 0.410 e. The molecular formula is C70H109Cl3N6O17Si. The molecule has 0 saturated carbocycles. The van der Waals surface area contributed by atoms with Gasteiger partial charge < -0.3 is 53.7 Å². The van der Waals surface area contributed by atoms with E-state index in [0.717, 1.165) is 9.80 Å². The van der Waals surface area contributed by atoms with E-state index in [0.29, 0.717) is 29.7 Å². The van der Waals surface area contributed by atoms with Crippen molar-refractivity contribution in [1.29, 1.82) is 0 Å². The lowest BCUT2D eigenvalue weighted by molar-refractivity contribution is -0.162. The number of alkyl halides is 3. The number of ketones is 1. The van der Waals surface area contributed by atoms with Crippen molar-refractivity contribution in [3.63, 3.8) is 0 Å². The number of benzene rings is 2. The summed E-state index contributed by atoms with van der Waals surface area (Å²) in [5.41, 5.74) is 0.345. The monoisotopic (exact) mass is 1440 g/mol. The molecule has 97 heavy (non-hydrogen) atoms. The van der Waals surface area contributed by atoms with E-state index in [-0.39, 0.29) is 50.7 Å². The number of nitrogens with zero attached hydrogens (tertiary/aromatic N) is 3. The first-order chi connectivity index (χ1) is 44.8. The number of hydrogen-bond acceptors (Lipinski definition) is 17. The largest absolute Gasteiger partial charge is 0.497 e. The number of methoxy groups -OCH3 is 1. The lowest BCUT2D eigenvalue weighted by Gasteiger charge is -2.43. The lowest BCUT2D eigenvalue weighted by atomic mass is 9.91. The molecule has 1 heterocycles. The van der Waals surface area contributed by atoms with Crippen molar-refractivity contribution in [2.45, 2.75) is 244 Å². The zero-order chi connectivity index (χ0) is 73.8. The Morgan fingerprint density at radius 3 is 1.81 bits per heavy atom. The summed E-state index contributed by atoms with van der Waals surface area (Å²) in [4.78, 5) is 148. The van der Waals surface area contributed by atoms with Gasteiger partial charge in [0.25, 0.3) is 0 Å². The molecule has 23 nitrogen and oxygen atoms in total. The minimum Gasteiger partial charge on any atom is -0.497 e. The Labute approximate surface area is 590 Å². The maximum Gasteiger partial charge on any atom is 0.410 e. The second-order valence-corrected chi connectivity index (χ2v) is 36.3. The number of likely N-dealkylation sites (tertiary alicyclic amines) is 1. The number of halogens is 3. The van der Waals surface area contributed by atoms with Gasteiger partial charge in [0.15, 0.2) is 20.2 Å². The number of esters is 3. The van der Waals surface area contributed by atoms with Crippen molar-refractivity contribution >= 4 is 103 Å². The average Bonchev–Trinajstić information content (AvgIpc) is 1.80. The minimum absolute atomic E-state index is 0.0933. The summed E-state index contributed by atoms with van der Waals surface area (Å²) in [5.74, 6) is -8.93. The van der Waals surface area contributed by atoms with Gasteiger partial charge in [-0.1, -0.05) is 160 Å². The van der Waals surface area contributed by atoms with Crippen molar-refractivity contribution in [3.05, 3.63) is 65.7 Å². The topological polar surface area (TPSA) is 281 Å². The van der Waals surface area contributed by atoms with E-state index in [1.165, 1.54) is 40.0 Å². The molecule has 1 aliphatic heterocycles. The summed E-state index contributed by atoms with van der Waals surface area (Å²) in [6, 6.07) is 8.18. The van der Waals surface area contributed by atoms with Crippen LogP contribution in [0.2, 0.25) is 18.1 Å². The molecule has 6 amide bonds. The van der Waals surface area contributed by atoms with E-state index in [1.54, 1.807) is 83.1 Å². The van der Waals surface area contributed by atoms with Crippen LogP contribution in [-0.2, 0) is 79.5 Å². The molecular weight excluding hydrogens is 1330 g/mol. The predicted molar refractivity (Wildman–Crippen MR) is 374 cm³/mol. The zero-order valence-corrected chi connectivity index (χ0v) is 64.0. The fraction of sp³-hybridized carbons (Fsp3) is 0.686. The molecule has 1 aliphatic rings. The highest BCUT2D eigenvalue weighted by atomic mass is 35.6. The van der Waals surface area contributed by atoms with Crippen molar-refractivity contribution in [2.24, 2.45) is 29.6 Å². The third-order valence-electron chi connectivity index (χ3n) is 17.4. The number of nitrogens with one attached hydrogen (secondary N) is 3. The number of carbonyl (C=O) groups excluding carboxylic acids is 10. The highest BCUT2D eigenvalue weighted by molar-refractivity contribution is 6.74. The fourth-order valence-corrected chi connectivity index (χ4v) is 12.0. The summed E-state index contributed by atoms with van der Waals surface area (Å²) in [6.45, 7) is 31.6. The number of Topliss-reactive ketones (excluding diaryl/α,β-unsaturated/α-hetero) is 1. The van der Waals surface area contributed by atoms with Gasteiger partial charge in [0.05, 0.1) is 31.6 Å². The average molecular weight is 1440 g/mol. The van der Waals surface area contributed by atoms with E-state index in [1.807, 2.05) is 81.5 Å². The van der Waals surface area contributed by atoms with Crippen LogP contribution < -0.4 is 20.7 Å². The van der Waals surface area contributed by atoms with Crippen LogP contribution in [0.3, 0.4) is 0 Å². The van der Waals surface area contributed by atoms with Crippen LogP contribution in [0.1, 0.15) is 160 Å². The van der Waals surface area contributed by atoms with Gasteiger partial charge in [-0.15, -0.1) is 0 Å². The lowest BCUT2D eigenvalue weighted by Crippen LogP contribution is -2.62. The molecule has 0 aromatic heterocycles. The Morgan fingerprint density at radius 2 is 1.29 bits per heavy atom. The molecule has 0 bridgehead atoms. The molecule has 2 aromatic carbocycles. The predicted octanol–water partition coefficient (Wildman–Crippen LogP) is 11.1. The minimum atomic E-state index is -2.95. The van der Waals surface area contributed by atoms with Crippen LogP contribution in [0.4, 0.5) is 9.59 Å². The second-order valence-electron chi connectivity index (χ2n) is 29.0. The molecule has 3 N–H and O–H groups in total. The van der Waals surface area contributed by atoms with Gasteiger partial charge in [0, 0.05) is 27.1 Å². The molecule has 546 valence electrons. The Hall–Kier alpha value is -6.21. The molecule has 1 unspecified atom stereocenters. The van der Waals surface area contributed by atoms with Crippen LogP contribution in [0.25, 0.3) is 0 Å². The number of likely N-dealkylation sites (N-methyl/N-ethyl adjacent to an activating group) is 2. The zero-order valence-electron chi connectivity index (χ0n) is 60.8. The highest BCUT2D eigenvalue weighted by Gasteiger charge is 2.47. The van der Waals surface area contributed by atoms with E-state index in [9.17, 15) is 43.2 Å². The van der Waals surface area contributed by atoms with Gasteiger partial charge in [0.2, 0.25) is 27.4 Å². The van der Waals surface area contributed by atoms with Crippen molar-refractivity contribution in [3.8, 4) is 5.75 Å². The number of amides is 6. The standard InChI is InChI=1S/C70H109Cl3N6O17Si/c1-22-44(8)56(54(96-97(20,21)69(14,15)16)38-55(80)94-59(43(6)7)58(81)45(9)60(82)74-50(35-41(2)3)63(85)79-34-26-29-51(79)64(86)92-40-70(71,72)73)75-62(84)57(76-61(83)52(36-42(4)5)77(17)67(89)95-68(11,12)13)46(10)93-65(87)53(37-47-30-32-49(90-19)33-31-47)78(18)66(88)91-39-48-27-24-23-25-28-48/h23-25,27-28,30-33,41-46,50-54,56-57,59H,22,26,29,34-40H2,1-21H3,(H,74,82)(H,75,84)(H,76,83)/t44-,45?,46+,50-,51-,52+,53-,54-,56+,57-,59-/m0/s1. The molecule has 3 rings (SSSR count). The first-order valence-electron chi connectivity index (χ1n) is 33.4. The fourth-order valence-electron chi connectivity index (χ4n) is 10.5. The van der Waals surface area contributed by atoms with Crippen molar-refractivity contribution in [2.75, 3.05) is 34.4 Å². The van der Waals surface area contributed by atoms with Crippen LogP contribution in [-0.4, -0.2) is 181 Å². The van der Waals surface area contributed by atoms with E-state index in [4.69, 9.17) is 67.7 Å². The third-order valence-corrected chi connectivity index (χ3v) is 22.2. The van der Waals surface area contributed by atoms with Crippen molar-refractivity contribution < 1.29 is 80.8 Å². The van der Waals surface area contributed by atoms with Gasteiger partial charge >= 0.3 is 30.1 Å². The Morgan fingerprint density at radius 1 is 0.701 bits per heavy atom. The van der Waals surface area contributed by atoms with E-state index in [2.05, 4.69) is 16.0 Å². The molecule has 0 radical (unpaired) electrons. The van der Waals surface area contributed by atoms with Gasteiger partial charge in [-0.2, -0.15) is 0 Å². The second kappa shape index (κ2) is 37.8. The molecule has 11 atom stereocenters. The van der Waals surface area contributed by atoms with E-state index < -0.39 is 168 Å². The molecule has 2 aromatic rings. The van der Waals surface area contributed by atoms with Crippen molar-refractivity contribution in [1.82, 2.24) is 30.7 Å². The van der Waals surface area contributed by atoms with Crippen LogP contribution >= 0.6 is 34.8 Å². The first kappa shape index (κ1) is 85.0. The quantitative estimate of drug-likeness (QED) is 0.0193.